The van der Waals surface area contributed by atoms with Crippen molar-refractivity contribution in [2.45, 2.75) is 57.2 Å². The Hall–Kier alpha value is -0.860. The van der Waals surface area contributed by atoms with E-state index in [9.17, 15) is 10.2 Å². The zero-order chi connectivity index (χ0) is 12.5. The van der Waals surface area contributed by atoms with Crippen LogP contribution in [0.25, 0.3) is 0 Å². The highest BCUT2D eigenvalue weighted by atomic mass is 16.3. The predicted molar refractivity (Wildman–Crippen MR) is 68.9 cm³/mol. The van der Waals surface area contributed by atoms with Crippen molar-refractivity contribution in [2.75, 3.05) is 0 Å². The van der Waals surface area contributed by atoms with E-state index in [1.807, 2.05) is 13.8 Å². The molecule has 0 bridgehead atoms. The van der Waals surface area contributed by atoms with Gasteiger partial charge in [0.25, 0.3) is 0 Å². The summed E-state index contributed by atoms with van der Waals surface area (Å²) in [6.07, 6.45) is 4.32. The fourth-order valence-electron chi connectivity index (χ4n) is 1.98. The second-order valence-corrected chi connectivity index (χ2v) is 6.03. The minimum atomic E-state index is -0.595. The van der Waals surface area contributed by atoms with Crippen LogP contribution >= 0.6 is 0 Å². The highest BCUT2D eigenvalue weighted by Crippen LogP contribution is 2.38. The number of rotatable bonds is 5. The van der Waals surface area contributed by atoms with Crippen molar-refractivity contribution in [2.24, 2.45) is 0 Å². The van der Waals surface area contributed by atoms with Crippen LogP contribution in [0.5, 0.6) is 0 Å². The summed E-state index contributed by atoms with van der Waals surface area (Å²) >= 11 is 0. The Bertz CT molecular complexity index is 369. The number of benzene rings is 1. The molecule has 0 aliphatic heterocycles. The van der Waals surface area contributed by atoms with Gasteiger partial charge in [-0.2, -0.15) is 0 Å². The molecule has 94 valence electrons. The molecule has 1 aromatic rings. The standard InChI is InChI=1S/C15H22O2/c1-14(2,16)8-7-12-3-5-13(6-4-12)11-15(17)9-10-15/h3-6,16-17H,7-11H2,1-2H3. The van der Waals surface area contributed by atoms with Crippen molar-refractivity contribution in [3.8, 4) is 0 Å². The van der Waals surface area contributed by atoms with Crippen LogP contribution < -0.4 is 0 Å². The normalized spacial score (nSPS) is 18.1. The number of aliphatic hydroxyl groups is 2. The van der Waals surface area contributed by atoms with Gasteiger partial charge in [0.1, 0.15) is 0 Å². The summed E-state index contributed by atoms with van der Waals surface area (Å²) in [4.78, 5) is 0. The molecule has 17 heavy (non-hydrogen) atoms. The summed E-state index contributed by atoms with van der Waals surface area (Å²) < 4.78 is 0. The summed E-state index contributed by atoms with van der Waals surface area (Å²) in [6, 6.07) is 8.39. The van der Waals surface area contributed by atoms with E-state index in [4.69, 9.17) is 0 Å². The van der Waals surface area contributed by atoms with Crippen LogP contribution in [-0.4, -0.2) is 21.4 Å². The Balaban J connectivity index is 1.89. The molecule has 0 saturated heterocycles. The Morgan fingerprint density at radius 2 is 1.65 bits per heavy atom. The Labute approximate surface area is 103 Å². The highest BCUT2D eigenvalue weighted by molar-refractivity contribution is 5.25. The average molecular weight is 234 g/mol. The molecule has 1 fully saturated rings. The fourth-order valence-corrected chi connectivity index (χ4v) is 1.98. The lowest BCUT2D eigenvalue weighted by Crippen LogP contribution is -2.19. The Morgan fingerprint density at radius 1 is 1.12 bits per heavy atom. The molecule has 2 N–H and O–H groups in total. The van der Waals surface area contributed by atoms with Crippen LogP contribution in [0.15, 0.2) is 24.3 Å². The molecular weight excluding hydrogens is 212 g/mol. The minimum absolute atomic E-state index is 0.408. The first kappa shape index (κ1) is 12.6. The van der Waals surface area contributed by atoms with Crippen molar-refractivity contribution in [1.29, 1.82) is 0 Å². The summed E-state index contributed by atoms with van der Waals surface area (Å²) in [7, 11) is 0. The van der Waals surface area contributed by atoms with Gasteiger partial charge in [-0.25, -0.2) is 0 Å². The third-order valence-electron chi connectivity index (χ3n) is 3.41. The SMILES string of the molecule is CC(C)(O)CCc1ccc(CC2(O)CC2)cc1. The summed E-state index contributed by atoms with van der Waals surface area (Å²) in [5.74, 6) is 0. The average Bonchev–Trinajstić information content (AvgIpc) is 2.94. The zero-order valence-corrected chi connectivity index (χ0v) is 10.7. The van der Waals surface area contributed by atoms with Crippen LogP contribution in [0.1, 0.15) is 44.2 Å². The third kappa shape index (κ3) is 4.14. The quantitative estimate of drug-likeness (QED) is 0.821. The van der Waals surface area contributed by atoms with E-state index in [2.05, 4.69) is 24.3 Å². The van der Waals surface area contributed by atoms with Gasteiger partial charge in [-0.1, -0.05) is 24.3 Å². The maximum absolute atomic E-state index is 9.83. The van der Waals surface area contributed by atoms with Crippen molar-refractivity contribution < 1.29 is 10.2 Å². The molecule has 1 aliphatic rings. The van der Waals surface area contributed by atoms with Gasteiger partial charge in [-0.3, -0.25) is 0 Å². The minimum Gasteiger partial charge on any atom is -0.390 e. The van der Waals surface area contributed by atoms with Crippen molar-refractivity contribution in [3.63, 3.8) is 0 Å². The van der Waals surface area contributed by atoms with Gasteiger partial charge in [-0.05, 0) is 50.7 Å². The van der Waals surface area contributed by atoms with Gasteiger partial charge in [0.15, 0.2) is 0 Å². The second-order valence-electron chi connectivity index (χ2n) is 6.03. The van der Waals surface area contributed by atoms with E-state index in [1.54, 1.807) is 0 Å². The molecule has 0 spiro atoms. The lowest BCUT2D eigenvalue weighted by atomic mass is 9.97. The Kier molecular flexibility index (Phi) is 3.28. The van der Waals surface area contributed by atoms with Gasteiger partial charge < -0.3 is 10.2 Å². The number of hydrogen-bond acceptors (Lipinski definition) is 2. The molecule has 1 aliphatic carbocycles. The van der Waals surface area contributed by atoms with Gasteiger partial charge in [0.05, 0.1) is 11.2 Å². The first-order valence-electron chi connectivity index (χ1n) is 6.39. The van der Waals surface area contributed by atoms with E-state index in [1.165, 1.54) is 11.1 Å². The highest BCUT2D eigenvalue weighted by Gasteiger charge is 2.39. The van der Waals surface area contributed by atoms with E-state index in [0.717, 1.165) is 32.1 Å². The Morgan fingerprint density at radius 3 is 2.12 bits per heavy atom. The molecular formula is C15H22O2. The third-order valence-corrected chi connectivity index (χ3v) is 3.41. The zero-order valence-electron chi connectivity index (χ0n) is 10.7. The largest absolute Gasteiger partial charge is 0.390 e. The monoisotopic (exact) mass is 234 g/mol. The fraction of sp³-hybridized carbons (Fsp3) is 0.600. The van der Waals surface area contributed by atoms with Crippen molar-refractivity contribution in [1.82, 2.24) is 0 Å². The van der Waals surface area contributed by atoms with E-state index < -0.39 is 11.2 Å². The molecule has 1 saturated carbocycles. The predicted octanol–water partition coefficient (Wildman–Crippen LogP) is 2.46. The number of aryl methyl sites for hydroxylation is 1. The second kappa shape index (κ2) is 4.43. The van der Waals surface area contributed by atoms with Crippen LogP contribution in [0.4, 0.5) is 0 Å². The van der Waals surface area contributed by atoms with Crippen molar-refractivity contribution >= 4 is 0 Å². The molecule has 0 amide bonds. The first-order valence-corrected chi connectivity index (χ1v) is 6.39. The van der Waals surface area contributed by atoms with E-state index in [0.29, 0.717) is 0 Å². The van der Waals surface area contributed by atoms with Gasteiger partial charge in [-0.15, -0.1) is 0 Å². The summed E-state index contributed by atoms with van der Waals surface area (Å²) in [6.45, 7) is 3.67. The van der Waals surface area contributed by atoms with E-state index in [-0.39, 0.29) is 0 Å². The summed E-state index contributed by atoms with van der Waals surface area (Å²) in [5.41, 5.74) is 1.45. The molecule has 2 nitrogen and oxygen atoms in total. The summed E-state index contributed by atoms with van der Waals surface area (Å²) in [5, 5.41) is 19.5. The topological polar surface area (TPSA) is 40.5 Å². The van der Waals surface area contributed by atoms with Gasteiger partial charge >= 0.3 is 0 Å². The van der Waals surface area contributed by atoms with Crippen LogP contribution in [0.3, 0.4) is 0 Å². The molecule has 2 heteroatoms. The molecule has 0 aromatic heterocycles. The van der Waals surface area contributed by atoms with Crippen LogP contribution in [-0.2, 0) is 12.8 Å². The number of hydrogen-bond donors (Lipinski definition) is 2. The maximum atomic E-state index is 9.83. The molecule has 0 radical (unpaired) electrons. The van der Waals surface area contributed by atoms with Gasteiger partial charge in [0, 0.05) is 6.42 Å². The molecule has 0 heterocycles. The van der Waals surface area contributed by atoms with Crippen LogP contribution in [0.2, 0.25) is 0 Å². The van der Waals surface area contributed by atoms with Crippen LogP contribution in [0, 0.1) is 0 Å². The first-order chi connectivity index (χ1) is 7.86. The maximum Gasteiger partial charge on any atom is 0.0690 e. The van der Waals surface area contributed by atoms with E-state index >= 15 is 0 Å². The molecule has 0 unspecified atom stereocenters. The van der Waals surface area contributed by atoms with Crippen molar-refractivity contribution in [3.05, 3.63) is 35.4 Å². The smallest absolute Gasteiger partial charge is 0.0690 e. The molecule has 0 atom stereocenters. The molecule has 2 rings (SSSR count). The lowest BCUT2D eigenvalue weighted by molar-refractivity contribution is 0.0714. The lowest BCUT2D eigenvalue weighted by Gasteiger charge is -2.16. The molecule has 1 aromatic carbocycles. The van der Waals surface area contributed by atoms with Gasteiger partial charge in [0.2, 0.25) is 0 Å².